The average molecular weight is 346 g/mol. The summed E-state index contributed by atoms with van der Waals surface area (Å²) in [5.74, 6) is 0. The minimum absolute atomic E-state index is 0.162. The molecule has 1 aromatic carbocycles. The van der Waals surface area contributed by atoms with Crippen LogP contribution in [-0.4, -0.2) is 13.5 Å². The number of rotatable bonds is 5. The van der Waals surface area contributed by atoms with E-state index < -0.39 is 16.1 Å². The van der Waals surface area contributed by atoms with E-state index in [9.17, 15) is 8.42 Å². The molecule has 2 N–H and O–H groups in total. The third kappa shape index (κ3) is 3.84. The van der Waals surface area contributed by atoms with Gasteiger partial charge in [-0.25, -0.2) is 13.1 Å². The first-order chi connectivity index (χ1) is 9.83. The van der Waals surface area contributed by atoms with Crippen LogP contribution in [0.25, 0.3) is 0 Å². The van der Waals surface area contributed by atoms with Crippen molar-refractivity contribution in [2.45, 2.75) is 31.4 Å². The Morgan fingerprint density at radius 2 is 2.10 bits per heavy atom. The average Bonchev–Trinajstić information content (AvgIpc) is 2.80. The minimum Gasteiger partial charge on any atom is -0.391 e. The van der Waals surface area contributed by atoms with E-state index in [0.717, 1.165) is 5.56 Å². The quantitative estimate of drug-likeness (QED) is 0.874. The molecule has 0 fully saturated rings. The maximum Gasteiger partial charge on any atom is 0.242 e. The zero-order valence-electron chi connectivity index (χ0n) is 11.6. The van der Waals surface area contributed by atoms with Crippen molar-refractivity contribution in [3.63, 3.8) is 0 Å². The number of aryl methyl sites for hydroxylation is 1. The molecule has 0 spiro atoms. The van der Waals surface area contributed by atoms with E-state index >= 15 is 0 Å². The standard InChI is InChI=1S/C14H16ClNO3S2/c1-9(11-4-3-5-12(15)6-11)16-21(18,19)14-7-13(8-17)20-10(14)2/h3-7,9,16-17H,8H2,1-2H3. The van der Waals surface area contributed by atoms with E-state index in [0.29, 0.717) is 14.8 Å². The van der Waals surface area contributed by atoms with E-state index in [4.69, 9.17) is 16.7 Å². The predicted molar refractivity (Wildman–Crippen MR) is 85.2 cm³/mol. The molecule has 0 amide bonds. The third-order valence-electron chi connectivity index (χ3n) is 3.05. The van der Waals surface area contributed by atoms with Crippen molar-refractivity contribution in [2.24, 2.45) is 0 Å². The summed E-state index contributed by atoms with van der Waals surface area (Å²) in [4.78, 5) is 1.50. The Bertz CT molecular complexity index is 740. The summed E-state index contributed by atoms with van der Waals surface area (Å²) in [5, 5.41) is 9.67. The second kappa shape index (κ2) is 6.46. The molecule has 0 radical (unpaired) electrons. The Balaban J connectivity index is 2.26. The topological polar surface area (TPSA) is 66.4 Å². The summed E-state index contributed by atoms with van der Waals surface area (Å²) in [7, 11) is -3.63. The minimum atomic E-state index is -3.63. The van der Waals surface area contributed by atoms with Crippen LogP contribution in [0.15, 0.2) is 35.2 Å². The summed E-state index contributed by atoms with van der Waals surface area (Å²) in [6.45, 7) is 3.32. The van der Waals surface area contributed by atoms with E-state index in [1.54, 1.807) is 32.0 Å². The molecule has 21 heavy (non-hydrogen) atoms. The first-order valence-electron chi connectivity index (χ1n) is 6.31. The first kappa shape index (κ1) is 16.5. The van der Waals surface area contributed by atoms with Gasteiger partial charge in [-0.05, 0) is 37.6 Å². The van der Waals surface area contributed by atoms with Gasteiger partial charge in [0.15, 0.2) is 0 Å². The van der Waals surface area contributed by atoms with Gasteiger partial charge >= 0.3 is 0 Å². The van der Waals surface area contributed by atoms with Crippen molar-refractivity contribution >= 4 is 33.0 Å². The van der Waals surface area contributed by atoms with Gasteiger partial charge in [0.2, 0.25) is 10.0 Å². The summed E-state index contributed by atoms with van der Waals surface area (Å²) in [6, 6.07) is 8.18. The molecule has 7 heteroatoms. The molecular formula is C14H16ClNO3S2. The lowest BCUT2D eigenvalue weighted by Crippen LogP contribution is -2.27. The van der Waals surface area contributed by atoms with Gasteiger partial charge in [0.25, 0.3) is 0 Å². The maximum absolute atomic E-state index is 12.4. The van der Waals surface area contributed by atoms with Crippen LogP contribution >= 0.6 is 22.9 Å². The van der Waals surface area contributed by atoms with Crippen molar-refractivity contribution in [1.29, 1.82) is 0 Å². The highest BCUT2D eigenvalue weighted by molar-refractivity contribution is 7.89. The maximum atomic E-state index is 12.4. The lowest BCUT2D eigenvalue weighted by molar-refractivity contribution is 0.285. The second-order valence-electron chi connectivity index (χ2n) is 4.69. The van der Waals surface area contributed by atoms with Crippen LogP contribution in [0.5, 0.6) is 0 Å². The summed E-state index contributed by atoms with van der Waals surface area (Å²) < 4.78 is 27.5. The van der Waals surface area contributed by atoms with Gasteiger partial charge in [-0.1, -0.05) is 23.7 Å². The van der Waals surface area contributed by atoms with Crippen molar-refractivity contribution in [2.75, 3.05) is 0 Å². The predicted octanol–water partition coefficient (Wildman–Crippen LogP) is 3.24. The van der Waals surface area contributed by atoms with Crippen molar-refractivity contribution in [3.8, 4) is 0 Å². The molecule has 1 aromatic heterocycles. The number of hydrogen-bond donors (Lipinski definition) is 2. The number of halogens is 1. The molecule has 0 aliphatic carbocycles. The highest BCUT2D eigenvalue weighted by Gasteiger charge is 2.22. The number of sulfonamides is 1. The molecule has 114 valence electrons. The molecule has 4 nitrogen and oxygen atoms in total. The molecule has 0 bridgehead atoms. The monoisotopic (exact) mass is 345 g/mol. The molecular weight excluding hydrogens is 330 g/mol. The van der Waals surface area contributed by atoms with Gasteiger partial charge in [0.1, 0.15) is 0 Å². The Hall–Kier alpha value is -0.920. The van der Waals surface area contributed by atoms with Crippen molar-refractivity contribution < 1.29 is 13.5 Å². The first-order valence-corrected chi connectivity index (χ1v) is 8.99. The number of thiophene rings is 1. The molecule has 1 atom stereocenters. The number of nitrogens with one attached hydrogen (secondary N) is 1. The Morgan fingerprint density at radius 3 is 2.67 bits per heavy atom. The van der Waals surface area contributed by atoms with Gasteiger partial charge in [0, 0.05) is 20.8 Å². The number of benzene rings is 1. The molecule has 0 saturated carbocycles. The van der Waals surface area contributed by atoms with E-state index in [-0.39, 0.29) is 11.5 Å². The SMILES string of the molecule is Cc1sc(CO)cc1S(=O)(=O)NC(C)c1cccc(Cl)c1. The summed E-state index contributed by atoms with van der Waals surface area (Å²) >= 11 is 7.20. The summed E-state index contributed by atoms with van der Waals surface area (Å²) in [5.41, 5.74) is 0.793. The summed E-state index contributed by atoms with van der Waals surface area (Å²) in [6.07, 6.45) is 0. The number of hydrogen-bond acceptors (Lipinski definition) is 4. The lowest BCUT2D eigenvalue weighted by atomic mass is 10.1. The van der Waals surface area contributed by atoms with Gasteiger partial charge in [-0.3, -0.25) is 0 Å². The van der Waals surface area contributed by atoms with Crippen LogP contribution < -0.4 is 4.72 Å². The fraction of sp³-hybridized carbons (Fsp3) is 0.286. The number of aliphatic hydroxyl groups is 1. The molecule has 0 saturated heterocycles. The largest absolute Gasteiger partial charge is 0.391 e. The Labute approximate surface area is 133 Å². The van der Waals surface area contributed by atoms with Gasteiger partial charge in [-0.2, -0.15) is 0 Å². The third-order valence-corrected chi connectivity index (χ3v) is 6.12. The van der Waals surface area contributed by atoms with Crippen LogP contribution in [0.3, 0.4) is 0 Å². The smallest absolute Gasteiger partial charge is 0.242 e. The van der Waals surface area contributed by atoms with E-state index in [2.05, 4.69) is 4.72 Å². The van der Waals surface area contributed by atoms with Gasteiger partial charge < -0.3 is 5.11 Å². The van der Waals surface area contributed by atoms with Crippen LogP contribution in [0.4, 0.5) is 0 Å². The van der Waals surface area contributed by atoms with Crippen molar-refractivity contribution in [1.82, 2.24) is 4.72 Å². The zero-order valence-corrected chi connectivity index (χ0v) is 14.0. The fourth-order valence-electron chi connectivity index (χ4n) is 2.01. The van der Waals surface area contributed by atoms with Crippen LogP contribution in [0.2, 0.25) is 5.02 Å². The number of aliphatic hydroxyl groups excluding tert-OH is 1. The lowest BCUT2D eigenvalue weighted by Gasteiger charge is -2.14. The van der Waals surface area contributed by atoms with Crippen LogP contribution in [0.1, 0.15) is 28.3 Å². The second-order valence-corrected chi connectivity index (χ2v) is 8.15. The zero-order chi connectivity index (χ0) is 15.6. The normalized spacial score (nSPS) is 13.3. The molecule has 2 aromatic rings. The van der Waals surface area contributed by atoms with E-state index in [1.165, 1.54) is 17.4 Å². The molecule has 0 aliphatic rings. The van der Waals surface area contributed by atoms with Crippen LogP contribution in [0, 0.1) is 6.92 Å². The van der Waals surface area contributed by atoms with E-state index in [1.807, 2.05) is 6.07 Å². The van der Waals surface area contributed by atoms with Gasteiger partial charge in [0.05, 0.1) is 11.5 Å². The molecule has 1 heterocycles. The Morgan fingerprint density at radius 1 is 1.38 bits per heavy atom. The van der Waals surface area contributed by atoms with Crippen LogP contribution in [-0.2, 0) is 16.6 Å². The van der Waals surface area contributed by atoms with Crippen molar-refractivity contribution in [3.05, 3.63) is 50.7 Å². The fourth-order valence-corrected chi connectivity index (χ4v) is 4.94. The highest BCUT2D eigenvalue weighted by atomic mass is 35.5. The Kier molecular flexibility index (Phi) is 5.06. The van der Waals surface area contributed by atoms with Gasteiger partial charge in [-0.15, -0.1) is 11.3 Å². The molecule has 2 rings (SSSR count). The molecule has 1 unspecified atom stereocenters. The highest BCUT2D eigenvalue weighted by Crippen LogP contribution is 2.27. The molecule has 0 aliphatic heterocycles.